The van der Waals surface area contributed by atoms with Gasteiger partial charge in [0.25, 0.3) is 0 Å². The number of para-hydroxylation sites is 1. The predicted octanol–water partition coefficient (Wildman–Crippen LogP) is 6.06. The fraction of sp³-hybridized carbons (Fsp3) is 0.556. The first-order chi connectivity index (χ1) is 14.5. The summed E-state index contributed by atoms with van der Waals surface area (Å²) in [6.45, 7) is 4.80. The maximum atomic E-state index is 2.92. The van der Waals surface area contributed by atoms with Crippen LogP contribution in [0.3, 0.4) is 0 Å². The van der Waals surface area contributed by atoms with Crippen LogP contribution in [0, 0.1) is 30.6 Å². The summed E-state index contributed by atoms with van der Waals surface area (Å²) < 4.78 is 4.97. The number of benzene rings is 1. The lowest BCUT2D eigenvalue weighted by Crippen LogP contribution is -2.62. The van der Waals surface area contributed by atoms with Gasteiger partial charge in [-0.25, -0.2) is 0 Å². The van der Waals surface area contributed by atoms with Crippen molar-refractivity contribution >= 4 is 16.7 Å². The molecule has 1 spiro atoms. The molecule has 0 amide bonds. The van der Waals surface area contributed by atoms with Gasteiger partial charge in [-0.3, -0.25) is 0 Å². The van der Waals surface area contributed by atoms with Crippen LogP contribution in [0.2, 0.25) is 0 Å². The molecule has 156 valence electrons. The Morgan fingerprint density at radius 1 is 0.900 bits per heavy atom. The van der Waals surface area contributed by atoms with E-state index in [9.17, 15) is 0 Å². The van der Waals surface area contributed by atoms with Crippen molar-refractivity contribution in [1.82, 2.24) is 9.13 Å². The molecular formula is C27H33N3. The zero-order valence-corrected chi connectivity index (χ0v) is 18.7. The molecule has 4 aliphatic carbocycles. The average molecular weight is 400 g/mol. The Kier molecular flexibility index (Phi) is 3.24. The molecule has 0 unspecified atom stereocenters. The van der Waals surface area contributed by atoms with Crippen LogP contribution in [0.4, 0.5) is 5.69 Å². The molecule has 3 aromatic rings. The zero-order valence-electron chi connectivity index (χ0n) is 18.7. The van der Waals surface area contributed by atoms with Gasteiger partial charge in [0, 0.05) is 31.5 Å². The zero-order chi connectivity index (χ0) is 20.4. The van der Waals surface area contributed by atoms with E-state index in [1.165, 1.54) is 54.4 Å². The summed E-state index contributed by atoms with van der Waals surface area (Å²) in [6, 6.07) is 11.9. The summed E-state index contributed by atoms with van der Waals surface area (Å²) in [7, 11) is 4.58. The van der Waals surface area contributed by atoms with E-state index < -0.39 is 0 Å². The number of rotatable bonds is 1. The third kappa shape index (κ3) is 1.81. The van der Waals surface area contributed by atoms with E-state index in [1.54, 1.807) is 11.3 Å². The van der Waals surface area contributed by atoms with Crippen LogP contribution in [0.25, 0.3) is 11.0 Å². The largest absolute Gasteiger partial charge is 0.353 e. The molecule has 5 aliphatic rings. The van der Waals surface area contributed by atoms with Crippen molar-refractivity contribution in [2.45, 2.75) is 57.5 Å². The van der Waals surface area contributed by atoms with Gasteiger partial charge in [-0.1, -0.05) is 18.2 Å². The summed E-state index contributed by atoms with van der Waals surface area (Å²) >= 11 is 0. The normalized spacial score (nSPS) is 36.4. The fourth-order valence-electron chi connectivity index (χ4n) is 8.90. The lowest BCUT2D eigenvalue weighted by atomic mass is 9.47. The van der Waals surface area contributed by atoms with Gasteiger partial charge < -0.3 is 14.0 Å². The molecule has 8 rings (SSSR count). The Morgan fingerprint density at radius 3 is 2.23 bits per heavy atom. The minimum atomic E-state index is 0.169. The first-order valence-corrected chi connectivity index (χ1v) is 12.0. The number of hydrogen-bond acceptors (Lipinski definition) is 1. The predicted molar refractivity (Wildman–Crippen MR) is 123 cm³/mol. The average Bonchev–Trinajstić information content (AvgIpc) is 3.31. The molecule has 4 fully saturated rings. The third-order valence-electron chi connectivity index (χ3n) is 9.60. The summed E-state index contributed by atoms with van der Waals surface area (Å²) in [6.07, 6.45) is 9.49. The Morgan fingerprint density at radius 2 is 1.57 bits per heavy atom. The first kappa shape index (κ1) is 17.5. The standard InChI is InChI=1S/C27H33N3/c1-16-7-5-6-8-22(16)30-17(2)24-25-23(9-10-28(25)3)29(4)26(24)27(30)20-12-18-11-19(14-20)15-21(27)13-18/h5-10,17-21H,11-15H2,1-4H3/t17-,18?,19?,20?,21?,27?/m0/s1. The number of anilines is 1. The summed E-state index contributed by atoms with van der Waals surface area (Å²) in [5.74, 6) is 3.54. The Bertz CT molecular complexity index is 1150. The molecule has 1 atom stereocenters. The maximum absolute atomic E-state index is 2.92. The second-order valence-electron chi connectivity index (χ2n) is 10.9. The SMILES string of the molecule is Cc1ccccc1N1[C@@H](C)c2c(n(C)c3ccn(C)c23)C12C1CC3CC(C1)CC2C3. The summed E-state index contributed by atoms with van der Waals surface area (Å²) in [4.78, 5) is 2.92. The second kappa shape index (κ2) is 5.55. The fourth-order valence-corrected chi connectivity index (χ4v) is 8.90. The second-order valence-corrected chi connectivity index (χ2v) is 10.9. The van der Waals surface area contributed by atoms with Gasteiger partial charge >= 0.3 is 0 Å². The summed E-state index contributed by atoms with van der Waals surface area (Å²) in [5, 5.41) is 0. The van der Waals surface area contributed by atoms with E-state index in [4.69, 9.17) is 0 Å². The van der Waals surface area contributed by atoms with Gasteiger partial charge in [0.15, 0.2) is 0 Å². The highest BCUT2D eigenvalue weighted by molar-refractivity contribution is 5.87. The molecule has 3 heterocycles. The maximum Gasteiger partial charge on any atom is 0.0870 e. The number of aromatic nitrogens is 2. The van der Waals surface area contributed by atoms with Gasteiger partial charge in [-0.05, 0) is 87.3 Å². The number of fused-ring (bicyclic) bond motifs is 3. The van der Waals surface area contributed by atoms with E-state index >= 15 is 0 Å². The Balaban J connectivity index is 1.58. The lowest BCUT2D eigenvalue weighted by Gasteiger charge is -2.64. The molecule has 1 aliphatic heterocycles. The van der Waals surface area contributed by atoms with E-state index in [0.717, 1.165) is 23.7 Å². The molecule has 0 N–H and O–H groups in total. The van der Waals surface area contributed by atoms with Crippen molar-refractivity contribution in [2.75, 3.05) is 4.90 Å². The molecular weight excluding hydrogens is 366 g/mol. The van der Waals surface area contributed by atoms with Gasteiger partial charge in [-0.15, -0.1) is 0 Å². The van der Waals surface area contributed by atoms with Crippen molar-refractivity contribution in [3.8, 4) is 0 Å². The summed E-state index contributed by atoms with van der Waals surface area (Å²) in [5.41, 5.74) is 9.21. The van der Waals surface area contributed by atoms with Crippen molar-refractivity contribution in [3.63, 3.8) is 0 Å². The minimum absolute atomic E-state index is 0.169. The lowest BCUT2D eigenvalue weighted by molar-refractivity contribution is -0.0629. The quantitative estimate of drug-likeness (QED) is 0.485. The van der Waals surface area contributed by atoms with Gasteiger partial charge in [-0.2, -0.15) is 0 Å². The van der Waals surface area contributed by atoms with Crippen molar-refractivity contribution < 1.29 is 0 Å². The van der Waals surface area contributed by atoms with Gasteiger partial charge in [0.1, 0.15) is 0 Å². The Labute approximate surface area is 179 Å². The topological polar surface area (TPSA) is 13.1 Å². The first-order valence-electron chi connectivity index (χ1n) is 12.0. The van der Waals surface area contributed by atoms with Crippen LogP contribution in [0.5, 0.6) is 0 Å². The van der Waals surface area contributed by atoms with Crippen molar-refractivity contribution in [1.29, 1.82) is 0 Å². The number of aryl methyl sites for hydroxylation is 3. The van der Waals surface area contributed by atoms with Crippen LogP contribution in [-0.4, -0.2) is 9.13 Å². The highest BCUT2D eigenvalue weighted by atomic mass is 15.3. The van der Waals surface area contributed by atoms with E-state index in [2.05, 4.69) is 78.5 Å². The van der Waals surface area contributed by atoms with Crippen molar-refractivity contribution in [2.24, 2.45) is 37.8 Å². The van der Waals surface area contributed by atoms with E-state index in [-0.39, 0.29) is 5.54 Å². The van der Waals surface area contributed by atoms with Gasteiger partial charge in [0.05, 0.1) is 28.3 Å². The number of nitrogens with zero attached hydrogens (tertiary/aromatic N) is 3. The molecule has 30 heavy (non-hydrogen) atoms. The molecule has 4 bridgehead atoms. The van der Waals surface area contributed by atoms with E-state index in [1.807, 2.05) is 0 Å². The van der Waals surface area contributed by atoms with E-state index in [0.29, 0.717) is 6.04 Å². The molecule has 3 nitrogen and oxygen atoms in total. The van der Waals surface area contributed by atoms with Crippen LogP contribution < -0.4 is 4.90 Å². The monoisotopic (exact) mass is 399 g/mol. The van der Waals surface area contributed by atoms with Crippen LogP contribution >= 0.6 is 0 Å². The highest BCUT2D eigenvalue weighted by Crippen LogP contribution is 2.69. The van der Waals surface area contributed by atoms with Crippen LogP contribution in [0.1, 0.15) is 61.9 Å². The van der Waals surface area contributed by atoms with Crippen molar-refractivity contribution in [3.05, 3.63) is 53.3 Å². The van der Waals surface area contributed by atoms with Crippen LogP contribution in [-0.2, 0) is 19.6 Å². The number of hydrogen-bond donors (Lipinski definition) is 0. The van der Waals surface area contributed by atoms with Gasteiger partial charge in [0.2, 0.25) is 0 Å². The third-order valence-corrected chi connectivity index (χ3v) is 9.60. The molecule has 0 saturated heterocycles. The Hall–Kier alpha value is -2.16. The molecule has 1 aromatic carbocycles. The minimum Gasteiger partial charge on any atom is -0.353 e. The molecule has 2 aromatic heterocycles. The smallest absolute Gasteiger partial charge is 0.0870 e. The molecule has 3 heteroatoms. The highest BCUT2D eigenvalue weighted by Gasteiger charge is 2.66. The molecule has 0 radical (unpaired) electrons. The van der Waals surface area contributed by atoms with Crippen LogP contribution in [0.15, 0.2) is 36.5 Å². The molecule has 4 saturated carbocycles.